The zero-order valence-electron chi connectivity index (χ0n) is 7.74. The molecule has 1 aromatic carbocycles. The van der Waals surface area contributed by atoms with Crippen LogP contribution in [0.25, 0.3) is 0 Å². The highest BCUT2D eigenvalue weighted by atomic mass is 19.1. The lowest BCUT2D eigenvalue weighted by Gasteiger charge is -2.04. The molecule has 0 atom stereocenters. The lowest BCUT2D eigenvalue weighted by atomic mass is 10.2. The summed E-state index contributed by atoms with van der Waals surface area (Å²) in [6.45, 7) is -0.0271. The van der Waals surface area contributed by atoms with Gasteiger partial charge >= 0.3 is 5.97 Å². The molecule has 0 radical (unpaired) electrons. The topological polar surface area (TPSA) is 70.3 Å². The van der Waals surface area contributed by atoms with Crippen LogP contribution in [0, 0.1) is 17.1 Å². The van der Waals surface area contributed by atoms with E-state index in [-0.39, 0.29) is 24.3 Å². The van der Waals surface area contributed by atoms with E-state index >= 15 is 0 Å². The Kier molecular flexibility index (Phi) is 3.63. The van der Waals surface area contributed by atoms with Crippen molar-refractivity contribution in [3.63, 3.8) is 0 Å². The summed E-state index contributed by atoms with van der Waals surface area (Å²) in [5.74, 6) is -1.44. The number of aliphatic carboxylic acids is 1. The highest BCUT2D eigenvalue weighted by Gasteiger charge is 2.04. The number of carboxylic acid groups (broad SMARTS) is 1. The predicted molar refractivity (Wildman–Crippen MR) is 48.9 cm³/mol. The molecule has 0 saturated carbocycles. The van der Waals surface area contributed by atoms with Crippen molar-refractivity contribution in [1.29, 1.82) is 5.26 Å². The van der Waals surface area contributed by atoms with Crippen LogP contribution in [0.5, 0.6) is 5.75 Å². The van der Waals surface area contributed by atoms with Gasteiger partial charge in [0, 0.05) is 6.07 Å². The number of benzene rings is 1. The van der Waals surface area contributed by atoms with E-state index in [1.165, 1.54) is 12.1 Å². The minimum atomic E-state index is -0.982. The molecule has 0 aliphatic carbocycles. The maximum absolute atomic E-state index is 13.0. The summed E-state index contributed by atoms with van der Waals surface area (Å²) < 4.78 is 18.0. The van der Waals surface area contributed by atoms with Gasteiger partial charge in [-0.05, 0) is 12.1 Å². The number of nitrogens with zero attached hydrogens (tertiary/aromatic N) is 1. The van der Waals surface area contributed by atoms with Gasteiger partial charge in [-0.1, -0.05) is 0 Å². The largest absolute Gasteiger partial charge is 0.493 e. The number of carbonyl (C=O) groups is 1. The molecule has 0 aromatic heterocycles. The molecule has 15 heavy (non-hydrogen) atoms. The SMILES string of the molecule is N#Cc1ccc(OCCC(=O)O)cc1F. The maximum atomic E-state index is 13.0. The molecule has 4 nitrogen and oxygen atoms in total. The Labute approximate surface area is 85.5 Å². The molecule has 0 fully saturated rings. The van der Waals surface area contributed by atoms with Gasteiger partial charge in [-0.15, -0.1) is 0 Å². The Balaban J connectivity index is 2.60. The maximum Gasteiger partial charge on any atom is 0.306 e. The standard InChI is InChI=1S/C10H8FNO3/c11-9-5-8(2-1-7(9)6-12)15-4-3-10(13)14/h1-2,5H,3-4H2,(H,13,14). The van der Waals surface area contributed by atoms with Crippen molar-refractivity contribution < 1.29 is 19.0 Å². The van der Waals surface area contributed by atoms with E-state index in [0.717, 1.165) is 6.07 Å². The fourth-order valence-electron chi connectivity index (χ4n) is 0.932. The van der Waals surface area contributed by atoms with Gasteiger partial charge in [0.2, 0.25) is 0 Å². The summed E-state index contributed by atoms with van der Waals surface area (Å²) in [5, 5.41) is 16.8. The number of rotatable bonds is 4. The van der Waals surface area contributed by atoms with Crippen molar-refractivity contribution >= 4 is 5.97 Å². The van der Waals surface area contributed by atoms with Crippen LogP contribution in [0.1, 0.15) is 12.0 Å². The van der Waals surface area contributed by atoms with E-state index in [1.54, 1.807) is 6.07 Å². The highest BCUT2D eigenvalue weighted by molar-refractivity contribution is 5.66. The van der Waals surface area contributed by atoms with E-state index in [1.807, 2.05) is 0 Å². The number of ether oxygens (including phenoxy) is 1. The van der Waals surface area contributed by atoms with E-state index < -0.39 is 11.8 Å². The van der Waals surface area contributed by atoms with Crippen LogP contribution >= 0.6 is 0 Å². The lowest BCUT2D eigenvalue weighted by molar-refractivity contribution is -0.137. The minimum absolute atomic E-state index is 0.0271. The summed E-state index contributed by atoms with van der Waals surface area (Å²) in [6.07, 6.45) is -0.151. The average Bonchev–Trinajstić information content (AvgIpc) is 2.17. The second kappa shape index (κ2) is 4.96. The number of carboxylic acids is 1. The highest BCUT2D eigenvalue weighted by Crippen LogP contribution is 2.15. The van der Waals surface area contributed by atoms with E-state index in [2.05, 4.69) is 0 Å². The molecule has 0 bridgehead atoms. The van der Waals surface area contributed by atoms with Crippen molar-refractivity contribution in [3.05, 3.63) is 29.6 Å². The third kappa shape index (κ3) is 3.27. The monoisotopic (exact) mass is 209 g/mol. The van der Waals surface area contributed by atoms with Crippen LogP contribution in [0.2, 0.25) is 0 Å². The molecular formula is C10H8FNO3. The summed E-state index contributed by atoms with van der Waals surface area (Å²) >= 11 is 0. The minimum Gasteiger partial charge on any atom is -0.493 e. The zero-order chi connectivity index (χ0) is 11.3. The Hall–Kier alpha value is -2.09. The Morgan fingerprint density at radius 3 is 2.87 bits per heavy atom. The average molecular weight is 209 g/mol. The quantitative estimate of drug-likeness (QED) is 0.816. The number of hydrogen-bond donors (Lipinski definition) is 1. The number of halogens is 1. The molecule has 0 aliphatic heterocycles. The van der Waals surface area contributed by atoms with Crippen molar-refractivity contribution in [1.82, 2.24) is 0 Å². The predicted octanol–water partition coefficient (Wildman–Crippen LogP) is 1.55. The third-order valence-corrected chi connectivity index (χ3v) is 1.65. The molecule has 0 aliphatic rings. The van der Waals surface area contributed by atoms with Crippen LogP contribution in [0.15, 0.2) is 18.2 Å². The second-order valence-electron chi connectivity index (χ2n) is 2.75. The Morgan fingerprint density at radius 2 is 2.33 bits per heavy atom. The molecule has 0 spiro atoms. The fourth-order valence-corrected chi connectivity index (χ4v) is 0.932. The number of hydrogen-bond acceptors (Lipinski definition) is 3. The second-order valence-corrected chi connectivity index (χ2v) is 2.75. The smallest absolute Gasteiger partial charge is 0.306 e. The van der Waals surface area contributed by atoms with Gasteiger partial charge in [0.1, 0.15) is 17.6 Å². The van der Waals surface area contributed by atoms with Crippen LogP contribution in [0.3, 0.4) is 0 Å². The Morgan fingerprint density at radius 1 is 1.60 bits per heavy atom. The van der Waals surface area contributed by atoms with Crippen LogP contribution in [-0.4, -0.2) is 17.7 Å². The fraction of sp³-hybridized carbons (Fsp3) is 0.200. The van der Waals surface area contributed by atoms with Gasteiger partial charge in [-0.2, -0.15) is 5.26 Å². The van der Waals surface area contributed by atoms with Crippen molar-refractivity contribution in [3.8, 4) is 11.8 Å². The summed E-state index contributed by atoms with van der Waals surface area (Å²) in [4.78, 5) is 10.2. The van der Waals surface area contributed by atoms with Gasteiger partial charge in [0.15, 0.2) is 0 Å². The van der Waals surface area contributed by atoms with Crippen LogP contribution < -0.4 is 4.74 Å². The van der Waals surface area contributed by atoms with E-state index in [4.69, 9.17) is 15.1 Å². The Bertz CT molecular complexity index is 412. The van der Waals surface area contributed by atoms with E-state index in [0.29, 0.717) is 0 Å². The van der Waals surface area contributed by atoms with Crippen molar-refractivity contribution in [2.75, 3.05) is 6.61 Å². The van der Waals surface area contributed by atoms with Crippen molar-refractivity contribution in [2.45, 2.75) is 6.42 Å². The molecule has 0 saturated heterocycles. The van der Waals surface area contributed by atoms with Gasteiger partial charge in [-0.3, -0.25) is 4.79 Å². The van der Waals surface area contributed by atoms with Crippen LogP contribution in [0.4, 0.5) is 4.39 Å². The van der Waals surface area contributed by atoms with Gasteiger partial charge in [-0.25, -0.2) is 4.39 Å². The van der Waals surface area contributed by atoms with Gasteiger partial charge in [0.25, 0.3) is 0 Å². The van der Waals surface area contributed by atoms with Gasteiger partial charge in [0.05, 0.1) is 18.6 Å². The first-order valence-electron chi connectivity index (χ1n) is 4.17. The summed E-state index contributed by atoms with van der Waals surface area (Å²) in [5.41, 5.74) is -0.0689. The van der Waals surface area contributed by atoms with Gasteiger partial charge < -0.3 is 9.84 Å². The van der Waals surface area contributed by atoms with Crippen molar-refractivity contribution in [2.24, 2.45) is 0 Å². The molecule has 5 heteroatoms. The molecule has 78 valence electrons. The lowest BCUT2D eigenvalue weighted by Crippen LogP contribution is -2.04. The molecular weight excluding hydrogens is 201 g/mol. The molecule has 0 unspecified atom stereocenters. The third-order valence-electron chi connectivity index (χ3n) is 1.65. The molecule has 0 heterocycles. The first-order valence-corrected chi connectivity index (χ1v) is 4.17. The molecule has 1 rings (SSSR count). The normalized spacial score (nSPS) is 9.33. The summed E-state index contributed by atoms with van der Waals surface area (Å²) in [7, 11) is 0. The zero-order valence-corrected chi connectivity index (χ0v) is 7.74. The van der Waals surface area contributed by atoms with Crippen LogP contribution in [-0.2, 0) is 4.79 Å². The number of nitriles is 1. The molecule has 0 amide bonds. The van der Waals surface area contributed by atoms with E-state index in [9.17, 15) is 9.18 Å². The summed E-state index contributed by atoms with van der Waals surface area (Å²) in [6, 6.07) is 5.43. The molecule has 1 N–H and O–H groups in total. The molecule has 1 aromatic rings. The first-order chi connectivity index (χ1) is 7.13. The first kappa shape index (κ1) is 11.0.